The molecule has 0 aliphatic heterocycles. The number of hydrogen-bond acceptors (Lipinski definition) is 5. The SMILES string of the molecule is CC(C)c1sc(NC(=O)OCC2c3ccccc3-c3ccccc32)nc1C(=O)O. The minimum atomic E-state index is -1.11. The van der Waals surface area contributed by atoms with Gasteiger partial charge in [-0.05, 0) is 28.2 Å². The molecule has 1 aliphatic carbocycles. The molecule has 1 amide bonds. The maximum absolute atomic E-state index is 12.3. The molecule has 1 aliphatic rings. The van der Waals surface area contributed by atoms with E-state index in [1.54, 1.807) is 0 Å². The van der Waals surface area contributed by atoms with E-state index in [0.29, 0.717) is 4.88 Å². The van der Waals surface area contributed by atoms with Crippen LogP contribution in [0.5, 0.6) is 0 Å². The first kappa shape index (κ1) is 19.1. The highest BCUT2D eigenvalue weighted by atomic mass is 32.1. The van der Waals surface area contributed by atoms with Crippen LogP contribution < -0.4 is 5.32 Å². The average molecular weight is 408 g/mol. The molecule has 0 unspecified atom stereocenters. The lowest BCUT2D eigenvalue weighted by molar-refractivity contribution is 0.0689. The second kappa shape index (κ2) is 7.67. The molecule has 2 aromatic carbocycles. The van der Waals surface area contributed by atoms with Crippen molar-refractivity contribution in [3.63, 3.8) is 0 Å². The molecule has 6 nitrogen and oxygen atoms in total. The van der Waals surface area contributed by atoms with Crippen LogP contribution in [0.2, 0.25) is 0 Å². The normalized spacial score (nSPS) is 12.5. The van der Waals surface area contributed by atoms with Crippen molar-refractivity contribution in [2.75, 3.05) is 11.9 Å². The summed E-state index contributed by atoms with van der Waals surface area (Å²) in [6, 6.07) is 16.2. The number of aromatic nitrogens is 1. The van der Waals surface area contributed by atoms with Gasteiger partial charge in [0.15, 0.2) is 10.8 Å². The second-order valence-electron chi connectivity index (χ2n) is 7.14. The smallest absolute Gasteiger partial charge is 0.413 e. The number of fused-ring (bicyclic) bond motifs is 3. The van der Waals surface area contributed by atoms with E-state index in [0.717, 1.165) is 33.6 Å². The van der Waals surface area contributed by atoms with Crippen LogP contribution >= 0.6 is 11.3 Å². The summed E-state index contributed by atoms with van der Waals surface area (Å²) in [4.78, 5) is 28.3. The van der Waals surface area contributed by atoms with Crippen molar-refractivity contribution in [3.8, 4) is 11.1 Å². The highest BCUT2D eigenvalue weighted by Gasteiger charge is 2.29. The van der Waals surface area contributed by atoms with E-state index in [4.69, 9.17) is 4.74 Å². The first-order valence-electron chi connectivity index (χ1n) is 9.31. The highest BCUT2D eigenvalue weighted by Crippen LogP contribution is 2.44. The van der Waals surface area contributed by atoms with Crippen molar-refractivity contribution in [2.24, 2.45) is 0 Å². The van der Waals surface area contributed by atoms with Gasteiger partial charge in [-0.2, -0.15) is 0 Å². The van der Waals surface area contributed by atoms with Crippen LogP contribution in [0.15, 0.2) is 48.5 Å². The summed E-state index contributed by atoms with van der Waals surface area (Å²) in [5.74, 6) is -1.15. The summed E-state index contributed by atoms with van der Waals surface area (Å²) in [6.07, 6.45) is -0.646. The Morgan fingerprint density at radius 2 is 1.69 bits per heavy atom. The summed E-state index contributed by atoms with van der Waals surface area (Å²) in [7, 11) is 0. The fourth-order valence-electron chi connectivity index (χ4n) is 3.65. The topological polar surface area (TPSA) is 88.5 Å². The predicted molar refractivity (Wildman–Crippen MR) is 112 cm³/mol. The van der Waals surface area contributed by atoms with Gasteiger partial charge in [-0.1, -0.05) is 62.4 Å². The monoisotopic (exact) mass is 408 g/mol. The molecule has 2 N–H and O–H groups in total. The first-order chi connectivity index (χ1) is 14.0. The number of carbonyl (C=O) groups excluding carboxylic acids is 1. The summed E-state index contributed by atoms with van der Waals surface area (Å²) >= 11 is 1.16. The van der Waals surface area contributed by atoms with Gasteiger partial charge >= 0.3 is 12.1 Å². The van der Waals surface area contributed by atoms with Crippen LogP contribution in [0.25, 0.3) is 11.1 Å². The van der Waals surface area contributed by atoms with Gasteiger partial charge in [-0.15, -0.1) is 11.3 Å². The number of carboxylic acids is 1. The van der Waals surface area contributed by atoms with E-state index in [1.807, 2.05) is 38.1 Å². The van der Waals surface area contributed by atoms with E-state index in [-0.39, 0.29) is 29.3 Å². The van der Waals surface area contributed by atoms with Gasteiger partial charge in [0, 0.05) is 10.8 Å². The standard InChI is InChI=1S/C22H20N2O4S/c1-12(2)19-18(20(25)26)23-21(29-19)24-22(27)28-11-17-15-9-5-3-7-13(15)14-8-4-6-10-16(14)17/h3-10,12,17H,11H2,1-2H3,(H,25,26)(H,23,24,27). The zero-order valence-corrected chi connectivity index (χ0v) is 16.8. The number of thiazole rings is 1. The third-order valence-electron chi connectivity index (χ3n) is 4.93. The highest BCUT2D eigenvalue weighted by molar-refractivity contribution is 7.16. The lowest BCUT2D eigenvalue weighted by Gasteiger charge is -2.14. The molecule has 0 radical (unpaired) electrons. The Morgan fingerprint density at radius 3 is 2.21 bits per heavy atom. The number of amides is 1. The van der Waals surface area contributed by atoms with Gasteiger partial charge in [0.05, 0.1) is 0 Å². The van der Waals surface area contributed by atoms with Crippen molar-refractivity contribution in [1.29, 1.82) is 0 Å². The van der Waals surface area contributed by atoms with Crippen LogP contribution in [0.4, 0.5) is 9.93 Å². The molecule has 4 rings (SSSR count). The van der Waals surface area contributed by atoms with E-state index >= 15 is 0 Å². The third kappa shape index (κ3) is 3.61. The Bertz CT molecular complexity index is 1040. The molecule has 1 heterocycles. The van der Waals surface area contributed by atoms with Crippen LogP contribution in [-0.4, -0.2) is 28.8 Å². The van der Waals surface area contributed by atoms with Gasteiger partial charge in [0.25, 0.3) is 0 Å². The maximum Gasteiger partial charge on any atom is 0.413 e. The largest absolute Gasteiger partial charge is 0.476 e. The molecule has 0 saturated heterocycles. The molecule has 0 atom stereocenters. The molecule has 3 aromatic rings. The maximum atomic E-state index is 12.3. The Labute approximate surface area is 172 Å². The number of nitrogens with zero attached hydrogens (tertiary/aromatic N) is 1. The van der Waals surface area contributed by atoms with Crippen LogP contribution in [-0.2, 0) is 4.74 Å². The number of hydrogen-bond donors (Lipinski definition) is 2. The summed E-state index contributed by atoms with van der Waals surface area (Å²) in [6.45, 7) is 3.96. The number of ether oxygens (including phenoxy) is 1. The zero-order valence-electron chi connectivity index (χ0n) is 16.0. The number of rotatable bonds is 5. The van der Waals surface area contributed by atoms with E-state index in [2.05, 4.69) is 34.6 Å². The molecule has 0 bridgehead atoms. The Hall–Kier alpha value is -3.19. The molecule has 7 heteroatoms. The summed E-state index contributed by atoms with van der Waals surface area (Å²) in [5.41, 5.74) is 4.55. The van der Waals surface area contributed by atoms with E-state index < -0.39 is 12.1 Å². The van der Waals surface area contributed by atoms with Crippen molar-refractivity contribution in [2.45, 2.75) is 25.7 Å². The number of anilines is 1. The Balaban J connectivity index is 1.48. The zero-order chi connectivity index (χ0) is 20.5. The molecule has 0 spiro atoms. The second-order valence-corrected chi connectivity index (χ2v) is 8.17. The number of carbonyl (C=O) groups is 2. The van der Waals surface area contributed by atoms with Gasteiger partial charge in [-0.3, -0.25) is 5.32 Å². The van der Waals surface area contributed by atoms with Crippen molar-refractivity contribution >= 4 is 28.5 Å². The van der Waals surface area contributed by atoms with Gasteiger partial charge < -0.3 is 9.84 Å². The molecule has 1 aromatic heterocycles. The quantitative estimate of drug-likeness (QED) is 0.596. The molecular formula is C22H20N2O4S. The van der Waals surface area contributed by atoms with E-state index in [9.17, 15) is 14.7 Å². The Kier molecular flexibility index (Phi) is 5.07. The fourth-order valence-corrected chi connectivity index (χ4v) is 4.60. The van der Waals surface area contributed by atoms with E-state index in [1.165, 1.54) is 0 Å². The molecule has 148 valence electrons. The van der Waals surface area contributed by atoms with Crippen molar-refractivity contribution < 1.29 is 19.4 Å². The molecular weight excluding hydrogens is 388 g/mol. The lowest BCUT2D eigenvalue weighted by Crippen LogP contribution is -2.18. The van der Waals surface area contributed by atoms with Gasteiger partial charge in [0.1, 0.15) is 6.61 Å². The van der Waals surface area contributed by atoms with Crippen LogP contribution in [0.3, 0.4) is 0 Å². The average Bonchev–Trinajstić information content (AvgIpc) is 3.26. The van der Waals surface area contributed by atoms with Gasteiger partial charge in [0.2, 0.25) is 0 Å². The lowest BCUT2D eigenvalue weighted by atomic mass is 9.98. The number of benzene rings is 2. The van der Waals surface area contributed by atoms with Crippen LogP contribution in [0, 0.1) is 0 Å². The third-order valence-corrected chi connectivity index (χ3v) is 6.20. The molecule has 29 heavy (non-hydrogen) atoms. The van der Waals surface area contributed by atoms with Crippen molar-refractivity contribution in [1.82, 2.24) is 4.98 Å². The number of carboxylic acid groups (broad SMARTS) is 1. The molecule has 0 saturated carbocycles. The molecule has 0 fully saturated rings. The predicted octanol–water partition coefficient (Wildman–Crippen LogP) is 5.33. The van der Waals surface area contributed by atoms with Gasteiger partial charge in [-0.25, -0.2) is 14.6 Å². The van der Waals surface area contributed by atoms with Crippen LogP contribution in [0.1, 0.15) is 52.2 Å². The Morgan fingerprint density at radius 1 is 1.10 bits per heavy atom. The summed E-state index contributed by atoms with van der Waals surface area (Å²) < 4.78 is 5.48. The fraction of sp³-hybridized carbons (Fsp3) is 0.227. The van der Waals surface area contributed by atoms with Crippen molar-refractivity contribution in [3.05, 3.63) is 70.2 Å². The summed E-state index contributed by atoms with van der Waals surface area (Å²) in [5, 5.41) is 12.1. The minimum absolute atomic E-state index is 0.00309. The first-order valence-corrected chi connectivity index (χ1v) is 10.1. The number of aromatic carboxylic acids is 1. The number of nitrogens with one attached hydrogen (secondary N) is 1. The minimum Gasteiger partial charge on any atom is -0.476 e.